The molecule has 0 saturated carbocycles. The number of benzene rings is 3. The Morgan fingerprint density at radius 3 is 2.33 bits per heavy atom. The molecule has 0 saturated heterocycles. The SMILES string of the molecule is CC(=O)Nc1ccc(C(=O)NCCNC(=O)Cn2nc(-c3cccc4ccccc34)ccc2=O)cc1. The van der Waals surface area contributed by atoms with Gasteiger partial charge in [0.15, 0.2) is 0 Å². The van der Waals surface area contributed by atoms with E-state index in [9.17, 15) is 19.2 Å². The minimum absolute atomic E-state index is 0.187. The number of amides is 3. The zero-order valence-corrected chi connectivity index (χ0v) is 19.7. The van der Waals surface area contributed by atoms with E-state index in [0.29, 0.717) is 16.9 Å². The first-order valence-corrected chi connectivity index (χ1v) is 11.4. The summed E-state index contributed by atoms with van der Waals surface area (Å²) in [6.07, 6.45) is 0. The first kappa shape index (κ1) is 24.3. The van der Waals surface area contributed by atoms with E-state index in [0.717, 1.165) is 21.0 Å². The Kier molecular flexibility index (Phi) is 7.50. The lowest BCUT2D eigenvalue weighted by molar-refractivity contribution is -0.121. The van der Waals surface area contributed by atoms with Crippen molar-refractivity contribution in [2.75, 3.05) is 18.4 Å². The van der Waals surface area contributed by atoms with Crippen LogP contribution in [0.4, 0.5) is 5.69 Å². The molecule has 1 heterocycles. The summed E-state index contributed by atoms with van der Waals surface area (Å²) < 4.78 is 1.13. The molecule has 36 heavy (non-hydrogen) atoms. The molecule has 0 fully saturated rings. The van der Waals surface area contributed by atoms with E-state index in [1.54, 1.807) is 30.3 Å². The van der Waals surface area contributed by atoms with E-state index in [-0.39, 0.29) is 37.0 Å². The number of carbonyl (C=O) groups excluding carboxylic acids is 3. The number of carbonyl (C=O) groups is 3. The molecule has 0 aliphatic heterocycles. The molecular formula is C27H25N5O4. The molecule has 3 aromatic carbocycles. The summed E-state index contributed by atoms with van der Waals surface area (Å²) in [7, 11) is 0. The van der Waals surface area contributed by atoms with Gasteiger partial charge in [-0.05, 0) is 41.1 Å². The molecule has 0 unspecified atom stereocenters. The Morgan fingerprint density at radius 1 is 0.833 bits per heavy atom. The van der Waals surface area contributed by atoms with Gasteiger partial charge in [0.05, 0.1) is 5.69 Å². The number of nitrogens with one attached hydrogen (secondary N) is 3. The van der Waals surface area contributed by atoms with Crippen LogP contribution < -0.4 is 21.5 Å². The van der Waals surface area contributed by atoms with Crippen LogP contribution in [0.2, 0.25) is 0 Å². The van der Waals surface area contributed by atoms with Gasteiger partial charge in [0.1, 0.15) is 6.54 Å². The van der Waals surface area contributed by atoms with Gasteiger partial charge in [-0.25, -0.2) is 4.68 Å². The standard InChI is InChI=1S/C27H25N5O4/c1-18(33)30-21-11-9-20(10-12-21)27(36)29-16-15-28-25(34)17-32-26(35)14-13-24(31-32)23-8-4-6-19-5-2-3-7-22(19)23/h2-14H,15-17H2,1H3,(H,28,34)(H,29,36)(H,30,33). The van der Waals surface area contributed by atoms with Crippen LogP contribution in [0.3, 0.4) is 0 Å². The Hall–Kier alpha value is -4.79. The molecule has 0 radical (unpaired) electrons. The molecular weight excluding hydrogens is 458 g/mol. The second kappa shape index (κ2) is 11.1. The van der Waals surface area contributed by atoms with E-state index in [4.69, 9.17) is 0 Å². The Labute approximate surface area is 207 Å². The molecule has 3 N–H and O–H groups in total. The fourth-order valence-corrected chi connectivity index (χ4v) is 3.73. The minimum atomic E-state index is -0.395. The van der Waals surface area contributed by atoms with Crippen molar-refractivity contribution >= 4 is 34.2 Å². The number of aromatic nitrogens is 2. The van der Waals surface area contributed by atoms with Gasteiger partial charge in [-0.2, -0.15) is 5.10 Å². The molecule has 0 spiro atoms. The summed E-state index contributed by atoms with van der Waals surface area (Å²) in [5.74, 6) is -0.895. The van der Waals surface area contributed by atoms with E-state index in [2.05, 4.69) is 21.0 Å². The molecule has 0 aliphatic carbocycles. The van der Waals surface area contributed by atoms with Crippen molar-refractivity contribution < 1.29 is 14.4 Å². The zero-order chi connectivity index (χ0) is 25.5. The van der Waals surface area contributed by atoms with Gasteiger partial charge in [0.2, 0.25) is 11.8 Å². The van der Waals surface area contributed by atoms with Crippen molar-refractivity contribution in [3.8, 4) is 11.3 Å². The van der Waals surface area contributed by atoms with Gasteiger partial charge in [-0.15, -0.1) is 0 Å². The number of fused-ring (bicyclic) bond motifs is 1. The van der Waals surface area contributed by atoms with Crippen molar-refractivity contribution in [1.29, 1.82) is 0 Å². The number of anilines is 1. The van der Waals surface area contributed by atoms with Crippen LogP contribution >= 0.6 is 0 Å². The zero-order valence-electron chi connectivity index (χ0n) is 19.7. The molecule has 0 atom stereocenters. The second-order valence-corrected chi connectivity index (χ2v) is 8.11. The van der Waals surface area contributed by atoms with Gasteiger partial charge >= 0.3 is 0 Å². The first-order chi connectivity index (χ1) is 17.4. The first-order valence-electron chi connectivity index (χ1n) is 11.4. The highest BCUT2D eigenvalue weighted by molar-refractivity contribution is 5.96. The average molecular weight is 484 g/mol. The summed E-state index contributed by atoms with van der Waals surface area (Å²) in [5, 5.41) is 14.5. The van der Waals surface area contributed by atoms with Gasteiger partial charge in [0.25, 0.3) is 11.5 Å². The van der Waals surface area contributed by atoms with Crippen molar-refractivity contribution in [2.45, 2.75) is 13.5 Å². The highest BCUT2D eigenvalue weighted by Gasteiger charge is 2.10. The third-order valence-electron chi connectivity index (χ3n) is 5.43. The van der Waals surface area contributed by atoms with Crippen LogP contribution in [0.1, 0.15) is 17.3 Å². The predicted molar refractivity (Wildman–Crippen MR) is 138 cm³/mol. The normalized spacial score (nSPS) is 10.6. The summed E-state index contributed by atoms with van der Waals surface area (Å²) in [4.78, 5) is 48.0. The monoisotopic (exact) mass is 483 g/mol. The largest absolute Gasteiger partial charge is 0.353 e. The summed E-state index contributed by atoms with van der Waals surface area (Å²) >= 11 is 0. The maximum Gasteiger partial charge on any atom is 0.267 e. The van der Waals surface area contributed by atoms with Gasteiger partial charge in [-0.3, -0.25) is 19.2 Å². The molecule has 9 heteroatoms. The molecule has 0 bridgehead atoms. The third-order valence-corrected chi connectivity index (χ3v) is 5.43. The lowest BCUT2D eigenvalue weighted by Gasteiger charge is -2.10. The summed E-state index contributed by atoms with van der Waals surface area (Å²) in [6.45, 7) is 1.56. The van der Waals surface area contributed by atoms with Gasteiger partial charge < -0.3 is 16.0 Å². The van der Waals surface area contributed by atoms with E-state index < -0.39 is 5.91 Å². The molecule has 9 nitrogen and oxygen atoms in total. The predicted octanol–water partition coefficient (Wildman–Crippen LogP) is 2.57. The van der Waals surface area contributed by atoms with Crippen molar-refractivity contribution in [2.24, 2.45) is 0 Å². The number of hydrogen-bond donors (Lipinski definition) is 3. The quantitative estimate of drug-likeness (QED) is 0.333. The molecule has 3 amide bonds. The smallest absolute Gasteiger partial charge is 0.267 e. The fourth-order valence-electron chi connectivity index (χ4n) is 3.73. The lowest BCUT2D eigenvalue weighted by atomic mass is 10.0. The number of rotatable bonds is 8. The Bertz CT molecular complexity index is 1470. The van der Waals surface area contributed by atoms with Gasteiger partial charge in [0, 0.05) is 42.9 Å². The maximum atomic E-state index is 12.4. The molecule has 1 aromatic heterocycles. The molecule has 4 rings (SSSR count). The number of nitrogens with zero attached hydrogens (tertiary/aromatic N) is 2. The van der Waals surface area contributed by atoms with Crippen LogP contribution in [-0.4, -0.2) is 40.6 Å². The third kappa shape index (κ3) is 6.01. The van der Waals surface area contributed by atoms with E-state index in [1.165, 1.54) is 13.0 Å². The average Bonchev–Trinajstić information content (AvgIpc) is 2.87. The fraction of sp³-hybridized carbons (Fsp3) is 0.148. The summed E-state index contributed by atoms with van der Waals surface area (Å²) in [6, 6.07) is 23.2. The minimum Gasteiger partial charge on any atom is -0.353 e. The van der Waals surface area contributed by atoms with Crippen LogP contribution in [-0.2, 0) is 16.1 Å². The Balaban J connectivity index is 1.32. The van der Waals surface area contributed by atoms with Crippen LogP contribution in [0.5, 0.6) is 0 Å². The molecule has 0 aliphatic rings. The van der Waals surface area contributed by atoms with Crippen LogP contribution in [0.25, 0.3) is 22.0 Å². The molecule has 4 aromatic rings. The van der Waals surface area contributed by atoms with Crippen LogP contribution in [0, 0.1) is 0 Å². The maximum absolute atomic E-state index is 12.4. The van der Waals surface area contributed by atoms with Crippen molar-refractivity contribution in [3.63, 3.8) is 0 Å². The lowest BCUT2D eigenvalue weighted by Crippen LogP contribution is -2.38. The Morgan fingerprint density at radius 2 is 1.56 bits per heavy atom. The van der Waals surface area contributed by atoms with Crippen molar-refractivity contribution in [1.82, 2.24) is 20.4 Å². The summed E-state index contributed by atoms with van der Waals surface area (Å²) in [5.41, 5.74) is 2.10. The molecule has 182 valence electrons. The second-order valence-electron chi connectivity index (χ2n) is 8.11. The van der Waals surface area contributed by atoms with Crippen LogP contribution in [0.15, 0.2) is 83.7 Å². The van der Waals surface area contributed by atoms with E-state index >= 15 is 0 Å². The van der Waals surface area contributed by atoms with Gasteiger partial charge in [-0.1, -0.05) is 42.5 Å². The topological polar surface area (TPSA) is 122 Å². The highest BCUT2D eigenvalue weighted by atomic mass is 16.2. The highest BCUT2D eigenvalue weighted by Crippen LogP contribution is 2.26. The van der Waals surface area contributed by atoms with E-state index in [1.807, 2.05) is 42.5 Å². The number of hydrogen-bond acceptors (Lipinski definition) is 5. The van der Waals surface area contributed by atoms with Crippen molar-refractivity contribution in [3.05, 3.63) is 94.8 Å².